The average Bonchev–Trinajstić information content (AvgIpc) is 3.06. The van der Waals surface area contributed by atoms with Gasteiger partial charge in [0, 0.05) is 30.8 Å². The van der Waals surface area contributed by atoms with E-state index in [-0.39, 0.29) is 11.8 Å². The van der Waals surface area contributed by atoms with Crippen molar-refractivity contribution in [3.8, 4) is 5.69 Å². The smallest absolute Gasteiger partial charge is 0.226 e. The SMILES string of the molecule is CN(C)C(=O)[C@H]1CCCN(Cc2nc3ccccc3n2-c2ccc(Br)cc2)C1. The van der Waals surface area contributed by atoms with Gasteiger partial charge in [0.15, 0.2) is 0 Å². The zero-order valence-electron chi connectivity index (χ0n) is 16.3. The Morgan fingerprint density at radius 1 is 1.18 bits per heavy atom. The van der Waals surface area contributed by atoms with Crippen LogP contribution in [0.15, 0.2) is 53.0 Å². The molecule has 0 radical (unpaired) electrons. The Balaban J connectivity index is 1.66. The monoisotopic (exact) mass is 440 g/mol. The normalized spacial score (nSPS) is 17.8. The molecule has 0 N–H and O–H groups in total. The van der Waals surface area contributed by atoms with Crippen LogP contribution in [0.2, 0.25) is 0 Å². The van der Waals surface area contributed by atoms with E-state index in [9.17, 15) is 4.79 Å². The van der Waals surface area contributed by atoms with Crippen molar-refractivity contribution in [1.82, 2.24) is 19.4 Å². The van der Waals surface area contributed by atoms with Crippen LogP contribution < -0.4 is 0 Å². The quantitative estimate of drug-likeness (QED) is 0.613. The molecule has 6 heteroatoms. The summed E-state index contributed by atoms with van der Waals surface area (Å²) in [6, 6.07) is 16.6. The molecule has 1 aliphatic heterocycles. The second-order valence-electron chi connectivity index (χ2n) is 7.64. The van der Waals surface area contributed by atoms with E-state index in [1.807, 2.05) is 20.2 Å². The first-order valence-electron chi connectivity index (χ1n) is 9.69. The summed E-state index contributed by atoms with van der Waals surface area (Å²) in [4.78, 5) is 21.4. The van der Waals surface area contributed by atoms with Crippen LogP contribution in [0.25, 0.3) is 16.7 Å². The van der Waals surface area contributed by atoms with Crippen molar-refractivity contribution in [2.24, 2.45) is 5.92 Å². The van der Waals surface area contributed by atoms with Gasteiger partial charge in [0.25, 0.3) is 0 Å². The molecule has 1 atom stereocenters. The molecule has 1 aromatic heterocycles. The molecule has 1 amide bonds. The minimum atomic E-state index is 0.0780. The summed E-state index contributed by atoms with van der Waals surface area (Å²) in [5.41, 5.74) is 3.21. The van der Waals surface area contributed by atoms with E-state index in [0.717, 1.165) is 59.5 Å². The molecule has 28 heavy (non-hydrogen) atoms. The summed E-state index contributed by atoms with van der Waals surface area (Å²) >= 11 is 3.52. The number of imidazole rings is 1. The van der Waals surface area contributed by atoms with Crippen molar-refractivity contribution in [3.63, 3.8) is 0 Å². The van der Waals surface area contributed by atoms with E-state index >= 15 is 0 Å². The molecule has 0 aliphatic carbocycles. The summed E-state index contributed by atoms with van der Waals surface area (Å²) < 4.78 is 3.29. The highest BCUT2D eigenvalue weighted by Crippen LogP contribution is 2.26. The van der Waals surface area contributed by atoms with Crippen LogP contribution in [0.1, 0.15) is 18.7 Å². The standard InChI is InChI=1S/C22H25BrN4O/c1-25(2)22(28)16-6-5-13-26(14-16)15-21-24-19-7-3-4-8-20(19)27(21)18-11-9-17(23)10-12-18/h3-4,7-12,16H,5-6,13-15H2,1-2H3/t16-/m0/s1. The summed E-state index contributed by atoms with van der Waals surface area (Å²) in [5.74, 6) is 1.32. The number of aromatic nitrogens is 2. The van der Waals surface area contributed by atoms with E-state index in [1.54, 1.807) is 4.90 Å². The lowest BCUT2D eigenvalue weighted by Crippen LogP contribution is -2.42. The number of piperidine rings is 1. The highest BCUT2D eigenvalue weighted by atomic mass is 79.9. The van der Waals surface area contributed by atoms with E-state index in [2.05, 4.69) is 67.9 Å². The van der Waals surface area contributed by atoms with Crippen LogP contribution in [0, 0.1) is 5.92 Å². The maximum absolute atomic E-state index is 12.4. The van der Waals surface area contributed by atoms with Crippen molar-refractivity contribution in [1.29, 1.82) is 0 Å². The third kappa shape index (κ3) is 3.84. The first-order chi connectivity index (χ1) is 13.5. The molecule has 4 rings (SSSR count). The maximum Gasteiger partial charge on any atom is 0.226 e. The van der Waals surface area contributed by atoms with Crippen LogP contribution in [0.3, 0.4) is 0 Å². The Labute approximate surface area is 174 Å². The van der Waals surface area contributed by atoms with Gasteiger partial charge in [-0.1, -0.05) is 28.1 Å². The Morgan fingerprint density at radius 3 is 2.68 bits per heavy atom. The van der Waals surface area contributed by atoms with Crippen molar-refractivity contribution in [3.05, 3.63) is 58.8 Å². The lowest BCUT2D eigenvalue weighted by molar-refractivity contribution is -0.134. The number of likely N-dealkylation sites (tertiary alicyclic amines) is 1. The molecular weight excluding hydrogens is 416 g/mol. The first-order valence-corrected chi connectivity index (χ1v) is 10.5. The maximum atomic E-state index is 12.4. The zero-order chi connectivity index (χ0) is 19.7. The van der Waals surface area contributed by atoms with Gasteiger partial charge < -0.3 is 4.90 Å². The lowest BCUT2D eigenvalue weighted by Gasteiger charge is -2.33. The van der Waals surface area contributed by atoms with Gasteiger partial charge in [0.1, 0.15) is 5.82 Å². The minimum absolute atomic E-state index is 0.0780. The highest BCUT2D eigenvalue weighted by Gasteiger charge is 2.28. The number of hydrogen-bond donors (Lipinski definition) is 0. The van der Waals surface area contributed by atoms with E-state index in [4.69, 9.17) is 4.98 Å². The van der Waals surface area contributed by atoms with E-state index in [1.165, 1.54) is 0 Å². The molecule has 3 aromatic rings. The van der Waals surface area contributed by atoms with Crippen LogP contribution in [0.4, 0.5) is 0 Å². The van der Waals surface area contributed by atoms with Crippen LogP contribution in [-0.4, -0.2) is 52.4 Å². The largest absolute Gasteiger partial charge is 0.349 e. The summed E-state index contributed by atoms with van der Waals surface area (Å²) in [6.45, 7) is 2.53. The third-order valence-corrected chi connectivity index (χ3v) is 5.90. The number of fused-ring (bicyclic) bond motifs is 1. The lowest BCUT2D eigenvalue weighted by atomic mass is 9.97. The number of nitrogens with zero attached hydrogens (tertiary/aromatic N) is 4. The minimum Gasteiger partial charge on any atom is -0.349 e. The van der Waals surface area contributed by atoms with E-state index in [0.29, 0.717) is 0 Å². The number of halogens is 1. The number of amides is 1. The fourth-order valence-electron chi connectivity index (χ4n) is 4.03. The second kappa shape index (κ2) is 8.05. The number of benzene rings is 2. The molecule has 1 aliphatic rings. The number of carbonyl (C=O) groups excluding carboxylic acids is 1. The number of para-hydroxylation sites is 2. The Morgan fingerprint density at radius 2 is 1.93 bits per heavy atom. The third-order valence-electron chi connectivity index (χ3n) is 5.38. The van der Waals surface area contributed by atoms with Crippen molar-refractivity contribution < 1.29 is 4.79 Å². The Bertz CT molecular complexity index is 980. The molecular formula is C22H25BrN4O. The summed E-state index contributed by atoms with van der Waals surface area (Å²) in [6.07, 6.45) is 2.01. The molecule has 0 spiro atoms. The topological polar surface area (TPSA) is 41.4 Å². The molecule has 1 saturated heterocycles. The average molecular weight is 441 g/mol. The van der Waals surface area contributed by atoms with Crippen molar-refractivity contribution in [2.75, 3.05) is 27.2 Å². The van der Waals surface area contributed by atoms with Crippen LogP contribution in [-0.2, 0) is 11.3 Å². The number of hydrogen-bond acceptors (Lipinski definition) is 3. The molecule has 2 heterocycles. The predicted octanol–water partition coefficient (Wildman–Crippen LogP) is 4.09. The van der Waals surface area contributed by atoms with Gasteiger partial charge in [-0.3, -0.25) is 14.3 Å². The molecule has 0 bridgehead atoms. The van der Waals surface area contributed by atoms with Crippen molar-refractivity contribution in [2.45, 2.75) is 19.4 Å². The summed E-state index contributed by atoms with van der Waals surface area (Å²) in [7, 11) is 3.68. The Hall–Kier alpha value is -2.18. The zero-order valence-corrected chi connectivity index (χ0v) is 17.9. The molecule has 0 saturated carbocycles. The van der Waals surface area contributed by atoms with Gasteiger partial charge in [0.05, 0.1) is 23.5 Å². The fourth-order valence-corrected chi connectivity index (χ4v) is 4.29. The predicted molar refractivity (Wildman–Crippen MR) is 115 cm³/mol. The van der Waals surface area contributed by atoms with Gasteiger partial charge in [-0.2, -0.15) is 0 Å². The molecule has 2 aromatic carbocycles. The Kier molecular flexibility index (Phi) is 5.51. The molecule has 5 nitrogen and oxygen atoms in total. The van der Waals surface area contributed by atoms with Gasteiger partial charge in [-0.25, -0.2) is 4.98 Å². The molecule has 146 valence electrons. The second-order valence-corrected chi connectivity index (χ2v) is 8.55. The van der Waals surface area contributed by atoms with Crippen LogP contribution in [0.5, 0.6) is 0 Å². The first kappa shape index (κ1) is 19.2. The fraction of sp³-hybridized carbons (Fsp3) is 0.364. The highest BCUT2D eigenvalue weighted by molar-refractivity contribution is 9.10. The van der Waals surface area contributed by atoms with Crippen LogP contribution >= 0.6 is 15.9 Å². The number of rotatable bonds is 4. The number of carbonyl (C=O) groups is 1. The molecule has 1 fully saturated rings. The van der Waals surface area contributed by atoms with Gasteiger partial charge >= 0.3 is 0 Å². The molecule has 0 unspecified atom stereocenters. The van der Waals surface area contributed by atoms with Crippen molar-refractivity contribution >= 4 is 32.9 Å². The van der Waals surface area contributed by atoms with Gasteiger partial charge in [0.2, 0.25) is 5.91 Å². The summed E-state index contributed by atoms with van der Waals surface area (Å²) in [5, 5.41) is 0. The van der Waals surface area contributed by atoms with E-state index < -0.39 is 0 Å². The van der Waals surface area contributed by atoms with Gasteiger partial charge in [-0.15, -0.1) is 0 Å². The van der Waals surface area contributed by atoms with Gasteiger partial charge in [-0.05, 0) is 55.8 Å².